The van der Waals surface area contributed by atoms with Crippen molar-refractivity contribution in [2.75, 3.05) is 6.61 Å². The van der Waals surface area contributed by atoms with Gasteiger partial charge in [-0.3, -0.25) is 0 Å². The molecule has 23 heavy (non-hydrogen) atoms. The number of rotatable bonds is 5. The van der Waals surface area contributed by atoms with Crippen LogP contribution in [0.15, 0.2) is 12.3 Å². The van der Waals surface area contributed by atoms with Gasteiger partial charge in [-0.15, -0.1) is 0 Å². The summed E-state index contributed by atoms with van der Waals surface area (Å²) in [5.41, 5.74) is 1.77. The SMILES string of the molecule is CC(C)n1ncc2cc(CNC3CCCC3(C)CO)c(Cl)nc21. The number of nitrogens with one attached hydrogen (secondary N) is 1. The molecule has 5 nitrogen and oxygen atoms in total. The smallest absolute Gasteiger partial charge is 0.159 e. The van der Waals surface area contributed by atoms with Crippen LogP contribution in [-0.4, -0.2) is 32.5 Å². The van der Waals surface area contributed by atoms with Crippen LogP contribution in [0.5, 0.6) is 0 Å². The predicted octanol–water partition coefficient (Wildman–Crippen LogP) is 3.31. The van der Waals surface area contributed by atoms with Crippen LogP contribution >= 0.6 is 11.6 Å². The van der Waals surface area contributed by atoms with Crippen LogP contribution in [0.3, 0.4) is 0 Å². The first-order valence-corrected chi connectivity index (χ1v) is 8.69. The van der Waals surface area contributed by atoms with Crippen LogP contribution in [0.25, 0.3) is 11.0 Å². The Hall–Kier alpha value is -1.17. The van der Waals surface area contributed by atoms with Gasteiger partial charge in [-0.05, 0) is 32.8 Å². The van der Waals surface area contributed by atoms with Gasteiger partial charge in [0, 0.05) is 41.6 Å². The number of pyridine rings is 1. The molecular weight excluding hydrogens is 312 g/mol. The first-order chi connectivity index (χ1) is 10.9. The van der Waals surface area contributed by atoms with Crippen molar-refractivity contribution in [2.24, 2.45) is 5.41 Å². The van der Waals surface area contributed by atoms with Crippen molar-refractivity contribution in [1.82, 2.24) is 20.1 Å². The molecule has 0 aliphatic heterocycles. The molecule has 1 aliphatic rings. The fourth-order valence-electron chi connectivity index (χ4n) is 3.50. The lowest BCUT2D eigenvalue weighted by Crippen LogP contribution is -2.41. The van der Waals surface area contributed by atoms with Crippen molar-refractivity contribution in [2.45, 2.75) is 58.7 Å². The number of hydrogen-bond acceptors (Lipinski definition) is 4. The van der Waals surface area contributed by atoms with Gasteiger partial charge in [0.05, 0.1) is 6.20 Å². The van der Waals surface area contributed by atoms with Gasteiger partial charge < -0.3 is 10.4 Å². The van der Waals surface area contributed by atoms with Gasteiger partial charge in [-0.25, -0.2) is 9.67 Å². The average molecular weight is 337 g/mol. The Bertz CT molecular complexity index is 699. The number of halogens is 1. The van der Waals surface area contributed by atoms with Gasteiger partial charge in [-0.2, -0.15) is 5.10 Å². The van der Waals surface area contributed by atoms with E-state index in [1.165, 1.54) is 0 Å². The van der Waals surface area contributed by atoms with E-state index in [2.05, 4.69) is 42.2 Å². The molecule has 0 spiro atoms. The molecule has 0 radical (unpaired) electrons. The zero-order chi connectivity index (χ0) is 16.6. The molecule has 2 unspecified atom stereocenters. The van der Waals surface area contributed by atoms with Gasteiger partial charge in [0.15, 0.2) is 5.65 Å². The molecule has 2 N–H and O–H groups in total. The molecule has 2 heterocycles. The average Bonchev–Trinajstić information content (AvgIpc) is 3.09. The Kier molecular flexibility index (Phi) is 4.63. The van der Waals surface area contributed by atoms with Crippen LogP contribution in [0.2, 0.25) is 5.15 Å². The Morgan fingerprint density at radius 1 is 1.52 bits per heavy atom. The van der Waals surface area contributed by atoms with E-state index in [0.717, 1.165) is 35.9 Å². The van der Waals surface area contributed by atoms with Crippen LogP contribution in [0.4, 0.5) is 0 Å². The Morgan fingerprint density at radius 2 is 2.30 bits per heavy atom. The van der Waals surface area contributed by atoms with E-state index < -0.39 is 0 Å². The van der Waals surface area contributed by atoms with E-state index in [1.807, 2.05) is 10.9 Å². The second-order valence-corrected chi connectivity index (χ2v) is 7.53. The number of aliphatic hydroxyl groups is 1. The van der Waals surface area contributed by atoms with Crippen molar-refractivity contribution in [3.63, 3.8) is 0 Å². The highest BCUT2D eigenvalue weighted by atomic mass is 35.5. The highest BCUT2D eigenvalue weighted by molar-refractivity contribution is 6.30. The Morgan fingerprint density at radius 3 is 3.00 bits per heavy atom. The summed E-state index contributed by atoms with van der Waals surface area (Å²) in [6.45, 7) is 7.18. The number of hydrogen-bond donors (Lipinski definition) is 2. The molecular formula is C17H25ClN4O. The zero-order valence-electron chi connectivity index (χ0n) is 14.0. The lowest BCUT2D eigenvalue weighted by molar-refractivity contribution is 0.118. The minimum Gasteiger partial charge on any atom is -0.396 e. The van der Waals surface area contributed by atoms with E-state index in [-0.39, 0.29) is 18.1 Å². The first kappa shape index (κ1) is 16.7. The summed E-state index contributed by atoms with van der Waals surface area (Å²) >= 11 is 6.39. The zero-order valence-corrected chi connectivity index (χ0v) is 14.8. The minimum atomic E-state index is -0.0352. The molecule has 3 rings (SSSR count). The second kappa shape index (κ2) is 6.38. The fourth-order valence-corrected chi connectivity index (χ4v) is 3.71. The van der Waals surface area contributed by atoms with Crippen LogP contribution < -0.4 is 5.32 Å². The molecule has 2 aromatic heterocycles. The van der Waals surface area contributed by atoms with E-state index in [1.54, 1.807) is 0 Å². The van der Waals surface area contributed by atoms with Crippen LogP contribution in [0, 0.1) is 5.41 Å². The lowest BCUT2D eigenvalue weighted by atomic mass is 9.86. The highest BCUT2D eigenvalue weighted by Gasteiger charge is 2.37. The molecule has 1 saturated carbocycles. The van der Waals surface area contributed by atoms with Crippen molar-refractivity contribution in [3.05, 3.63) is 23.0 Å². The molecule has 1 aliphatic carbocycles. The summed E-state index contributed by atoms with van der Waals surface area (Å²) in [6, 6.07) is 2.64. The summed E-state index contributed by atoms with van der Waals surface area (Å²) in [4.78, 5) is 4.54. The highest BCUT2D eigenvalue weighted by Crippen LogP contribution is 2.37. The third-order valence-corrected chi connectivity index (χ3v) is 5.39. The summed E-state index contributed by atoms with van der Waals surface area (Å²) < 4.78 is 1.89. The number of nitrogens with zero attached hydrogens (tertiary/aromatic N) is 3. The van der Waals surface area contributed by atoms with Crippen LogP contribution in [0.1, 0.15) is 51.6 Å². The van der Waals surface area contributed by atoms with Gasteiger partial charge in [-0.1, -0.05) is 24.9 Å². The molecule has 0 aromatic carbocycles. The summed E-state index contributed by atoms with van der Waals surface area (Å²) in [5.74, 6) is 0. The maximum absolute atomic E-state index is 9.65. The third kappa shape index (κ3) is 3.10. The predicted molar refractivity (Wildman–Crippen MR) is 92.6 cm³/mol. The fraction of sp³-hybridized carbons (Fsp3) is 0.647. The molecule has 126 valence electrons. The molecule has 6 heteroatoms. The van der Waals surface area contributed by atoms with Gasteiger partial charge in [0.1, 0.15) is 5.15 Å². The van der Waals surface area contributed by atoms with Gasteiger partial charge in [0.25, 0.3) is 0 Å². The van der Waals surface area contributed by atoms with Crippen molar-refractivity contribution in [3.8, 4) is 0 Å². The minimum absolute atomic E-state index is 0.0352. The maximum Gasteiger partial charge on any atom is 0.159 e. The van der Waals surface area contributed by atoms with Crippen molar-refractivity contribution in [1.29, 1.82) is 0 Å². The lowest BCUT2D eigenvalue weighted by Gasteiger charge is -2.30. The standard InChI is InChI=1S/C17H25ClN4O/c1-11(2)22-16-13(9-20-22)7-12(15(18)21-16)8-19-14-5-4-6-17(14,3)10-23/h7,9,11,14,19,23H,4-6,8,10H2,1-3H3. The molecule has 0 saturated heterocycles. The van der Waals surface area contributed by atoms with Gasteiger partial charge >= 0.3 is 0 Å². The number of aliphatic hydroxyl groups excluding tert-OH is 1. The van der Waals surface area contributed by atoms with Crippen LogP contribution in [-0.2, 0) is 6.54 Å². The number of aromatic nitrogens is 3. The van der Waals surface area contributed by atoms with Crippen molar-refractivity contribution < 1.29 is 5.11 Å². The molecule has 0 bridgehead atoms. The Balaban J connectivity index is 1.80. The monoisotopic (exact) mass is 336 g/mol. The number of fused-ring (bicyclic) bond motifs is 1. The van der Waals surface area contributed by atoms with Crippen molar-refractivity contribution >= 4 is 22.6 Å². The third-order valence-electron chi connectivity index (χ3n) is 5.07. The van der Waals surface area contributed by atoms with E-state index in [9.17, 15) is 5.11 Å². The maximum atomic E-state index is 9.65. The summed E-state index contributed by atoms with van der Waals surface area (Å²) in [6.07, 6.45) is 5.15. The summed E-state index contributed by atoms with van der Waals surface area (Å²) in [7, 11) is 0. The quantitative estimate of drug-likeness (QED) is 0.822. The molecule has 1 fully saturated rings. The van der Waals surface area contributed by atoms with E-state index in [4.69, 9.17) is 11.6 Å². The second-order valence-electron chi connectivity index (χ2n) is 7.17. The topological polar surface area (TPSA) is 63.0 Å². The molecule has 2 aromatic rings. The molecule has 2 atom stereocenters. The molecule has 0 amide bonds. The summed E-state index contributed by atoms with van der Waals surface area (Å²) in [5, 5.41) is 19.1. The first-order valence-electron chi connectivity index (χ1n) is 8.31. The Labute approximate surface area is 142 Å². The normalized spacial score (nSPS) is 24.9. The van der Waals surface area contributed by atoms with E-state index >= 15 is 0 Å². The van der Waals surface area contributed by atoms with E-state index in [0.29, 0.717) is 17.7 Å². The van der Waals surface area contributed by atoms with Gasteiger partial charge in [0.2, 0.25) is 0 Å². The largest absolute Gasteiger partial charge is 0.396 e.